The fourth-order valence-corrected chi connectivity index (χ4v) is 4.55. The number of benzene rings is 2. The molecule has 0 spiro atoms. The van der Waals surface area contributed by atoms with Gasteiger partial charge >= 0.3 is 0 Å². The molecule has 2 aromatic carbocycles. The number of hydrogen-bond donors (Lipinski definition) is 0. The van der Waals surface area contributed by atoms with Crippen LogP contribution in [0.1, 0.15) is 76.7 Å². The van der Waals surface area contributed by atoms with Crippen molar-refractivity contribution in [3.63, 3.8) is 0 Å². The quantitative estimate of drug-likeness (QED) is 0.130. The molecule has 0 bridgehead atoms. The summed E-state index contributed by atoms with van der Waals surface area (Å²) < 4.78 is 10.6. The van der Waals surface area contributed by atoms with E-state index in [9.17, 15) is 0 Å². The van der Waals surface area contributed by atoms with Crippen molar-refractivity contribution in [2.75, 3.05) is 0 Å². The van der Waals surface area contributed by atoms with Crippen LogP contribution in [-0.2, 0) is 13.1 Å². The molecule has 0 saturated carbocycles. The van der Waals surface area contributed by atoms with Crippen LogP contribution >= 0.6 is 0 Å². The number of unbranched alkanes of at least 4 members (excludes halogenated alkanes) is 9. The molecule has 0 N–H and O–H groups in total. The van der Waals surface area contributed by atoms with Gasteiger partial charge in [0.2, 0.25) is 12.2 Å². The summed E-state index contributed by atoms with van der Waals surface area (Å²) in [5.41, 5.74) is 3.31. The maximum Gasteiger partial charge on any atom is 0.244 e. The van der Waals surface area contributed by atoms with E-state index in [1.807, 2.05) is 30.3 Å². The van der Waals surface area contributed by atoms with Crippen LogP contribution in [0, 0.1) is 0 Å². The van der Waals surface area contributed by atoms with Crippen molar-refractivity contribution in [3.05, 3.63) is 85.1 Å². The monoisotopic (exact) mass is 470 g/mol. The Kier molecular flexibility index (Phi) is 9.75. The van der Waals surface area contributed by atoms with Crippen molar-refractivity contribution in [3.8, 4) is 22.8 Å². The lowest BCUT2D eigenvalue weighted by atomic mass is 10.1. The van der Waals surface area contributed by atoms with Gasteiger partial charge in [-0.05, 0) is 30.5 Å². The van der Waals surface area contributed by atoms with E-state index < -0.39 is 0 Å². The Morgan fingerprint density at radius 1 is 0.771 bits per heavy atom. The summed E-state index contributed by atoms with van der Waals surface area (Å²) in [7, 11) is 0. The Bertz CT molecular complexity index is 1110. The largest absolute Gasteiger partial charge is 0.436 e. The molecule has 0 saturated heterocycles. The lowest BCUT2D eigenvalue weighted by Crippen LogP contribution is -2.30. The number of aryl methyl sites for hydroxylation is 1. The zero-order valence-corrected chi connectivity index (χ0v) is 21.2. The summed E-state index contributed by atoms with van der Waals surface area (Å²) in [6, 6.07) is 18.6. The number of nitrogens with zero attached hydrogens (tertiary/aromatic N) is 3. The molecule has 0 atom stereocenters. The van der Waals surface area contributed by atoms with Gasteiger partial charge in [0, 0.05) is 11.1 Å². The summed E-state index contributed by atoms with van der Waals surface area (Å²) >= 11 is 0. The molecule has 4 rings (SSSR count). The minimum Gasteiger partial charge on any atom is -0.436 e. The van der Waals surface area contributed by atoms with Crippen LogP contribution < -0.4 is 4.57 Å². The first-order chi connectivity index (χ1) is 17.3. The molecule has 4 aromatic rings. The Labute approximate surface area is 210 Å². The van der Waals surface area contributed by atoms with E-state index in [2.05, 4.69) is 64.0 Å². The topological polar surface area (TPSA) is 34.8 Å². The Morgan fingerprint density at radius 2 is 1.46 bits per heavy atom. The molecule has 2 aromatic heterocycles. The average molecular weight is 471 g/mol. The van der Waals surface area contributed by atoms with Gasteiger partial charge in [-0.3, -0.25) is 0 Å². The van der Waals surface area contributed by atoms with Crippen molar-refractivity contribution >= 4 is 0 Å². The molecular formula is C31H40N3O+. The number of aromatic nitrogens is 3. The third-order valence-corrected chi connectivity index (χ3v) is 6.65. The third-order valence-electron chi connectivity index (χ3n) is 6.65. The molecule has 0 radical (unpaired) electrons. The smallest absolute Gasteiger partial charge is 0.244 e. The van der Waals surface area contributed by atoms with Crippen molar-refractivity contribution in [1.29, 1.82) is 0 Å². The lowest BCUT2D eigenvalue weighted by Gasteiger charge is -2.02. The highest BCUT2D eigenvalue weighted by Gasteiger charge is 2.10. The van der Waals surface area contributed by atoms with Crippen molar-refractivity contribution in [2.24, 2.45) is 0 Å². The van der Waals surface area contributed by atoms with Gasteiger partial charge in [0.1, 0.15) is 18.9 Å². The molecule has 0 amide bonds. The van der Waals surface area contributed by atoms with Gasteiger partial charge in [-0.25, -0.2) is 14.1 Å². The Balaban J connectivity index is 1.18. The van der Waals surface area contributed by atoms with Crippen LogP contribution in [0.15, 0.2) is 83.9 Å². The maximum absolute atomic E-state index is 5.99. The lowest BCUT2D eigenvalue weighted by molar-refractivity contribution is -0.696. The first-order valence-corrected chi connectivity index (χ1v) is 13.5. The molecule has 4 nitrogen and oxygen atoms in total. The van der Waals surface area contributed by atoms with E-state index in [-0.39, 0.29) is 0 Å². The van der Waals surface area contributed by atoms with Gasteiger partial charge in [0.15, 0.2) is 5.76 Å². The second-order valence-corrected chi connectivity index (χ2v) is 9.60. The maximum atomic E-state index is 5.99. The van der Waals surface area contributed by atoms with E-state index >= 15 is 0 Å². The second-order valence-electron chi connectivity index (χ2n) is 9.60. The van der Waals surface area contributed by atoms with Gasteiger partial charge in [-0.1, -0.05) is 101 Å². The SMILES string of the molecule is CCCCCCCCCCCC[n+]1ccn(Cc2ccc(-c3ncc(-c4ccccc4)o3)cc2)c1. The van der Waals surface area contributed by atoms with Crippen molar-refractivity contribution in [2.45, 2.75) is 84.2 Å². The molecule has 0 aliphatic rings. The predicted molar refractivity (Wildman–Crippen MR) is 143 cm³/mol. The molecule has 0 aliphatic heterocycles. The van der Waals surface area contributed by atoms with Crippen LogP contribution in [0.25, 0.3) is 22.8 Å². The molecule has 0 unspecified atom stereocenters. The van der Waals surface area contributed by atoms with Gasteiger partial charge in [-0.15, -0.1) is 0 Å². The second kappa shape index (κ2) is 13.7. The zero-order valence-electron chi connectivity index (χ0n) is 21.2. The number of imidazole rings is 1. The van der Waals surface area contributed by atoms with E-state index in [0.29, 0.717) is 5.89 Å². The minimum absolute atomic E-state index is 0.658. The van der Waals surface area contributed by atoms with Crippen LogP contribution in [0.4, 0.5) is 0 Å². The van der Waals surface area contributed by atoms with Crippen LogP contribution in [0.5, 0.6) is 0 Å². The standard InChI is InChI=1S/C31H40N3O/c1-2-3-4-5-6-7-8-9-10-14-21-33-22-23-34(26-33)25-27-17-19-29(20-18-27)31-32-24-30(35-31)28-15-12-11-13-16-28/h11-13,15-20,22-24,26H,2-10,14,21,25H2,1H3/q+1. The molecule has 35 heavy (non-hydrogen) atoms. The summed E-state index contributed by atoms with van der Waals surface area (Å²) in [6.45, 7) is 4.26. The molecule has 2 heterocycles. The fourth-order valence-electron chi connectivity index (χ4n) is 4.55. The third kappa shape index (κ3) is 7.95. The first-order valence-electron chi connectivity index (χ1n) is 13.5. The zero-order chi connectivity index (χ0) is 24.1. The van der Waals surface area contributed by atoms with E-state index in [1.54, 1.807) is 6.20 Å². The van der Waals surface area contributed by atoms with Gasteiger partial charge < -0.3 is 4.42 Å². The molecule has 184 valence electrons. The normalized spacial score (nSPS) is 11.2. The molecule has 0 aliphatic carbocycles. The first kappa shape index (κ1) is 25.0. The van der Waals surface area contributed by atoms with Crippen LogP contribution in [0.3, 0.4) is 0 Å². The van der Waals surface area contributed by atoms with E-state index in [1.165, 1.54) is 69.8 Å². The average Bonchev–Trinajstić information content (AvgIpc) is 3.56. The highest BCUT2D eigenvalue weighted by molar-refractivity contribution is 5.61. The summed E-state index contributed by atoms with van der Waals surface area (Å²) in [5, 5.41) is 0. The highest BCUT2D eigenvalue weighted by atomic mass is 16.4. The van der Waals surface area contributed by atoms with Gasteiger partial charge in [0.05, 0.1) is 12.7 Å². The van der Waals surface area contributed by atoms with Gasteiger partial charge in [0.25, 0.3) is 0 Å². The van der Waals surface area contributed by atoms with Gasteiger partial charge in [-0.2, -0.15) is 0 Å². The van der Waals surface area contributed by atoms with Crippen LogP contribution in [-0.4, -0.2) is 9.55 Å². The molecule has 4 heteroatoms. The minimum atomic E-state index is 0.658. The Hall–Kier alpha value is -3.14. The molecular weight excluding hydrogens is 430 g/mol. The summed E-state index contributed by atoms with van der Waals surface area (Å²) in [4.78, 5) is 4.47. The van der Waals surface area contributed by atoms with E-state index in [0.717, 1.165) is 30.0 Å². The highest BCUT2D eigenvalue weighted by Crippen LogP contribution is 2.26. The fraction of sp³-hybridized carbons (Fsp3) is 0.419. The molecule has 0 fully saturated rings. The predicted octanol–water partition coefficient (Wildman–Crippen LogP) is 8.07. The number of oxazole rings is 1. The van der Waals surface area contributed by atoms with E-state index in [4.69, 9.17) is 4.42 Å². The number of hydrogen-bond acceptors (Lipinski definition) is 2. The number of rotatable bonds is 15. The van der Waals surface area contributed by atoms with Crippen LogP contribution in [0.2, 0.25) is 0 Å². The Morgan fingerprint density at radius 3 is 2.17 bits per heavy atom. The van der Waals surface area contributed by atoms with Crippen molar-refractivity contribution in [1.82, 2.24) is 9.55 Å². The summed E-state index contributed by atoms with van der Waals surface area (Å²) in [6.07, 6.45) is 22.2. The summed E-state index contributed by atoms with van der Waals surface area (Å²) in [5.74, 6) is 1.45. The van der Waals surface area contributed by atoms with Crippen molar-refractivity contribution < 1.29 is 8.98 Å².